The van der Waals surface area contributed by atoms with Gasteiger partial charge in [-0.15, -0.1) is 0 Å². The summed E-state index contributed by atoms with van der Waals surface area (Å²) in [4.78, 5) is 11.8. The minimum absolute atomic E-state index is 0.0710. The number of hydrogen-bond acceptors (Lipinski definition) is 2. The lowest BCUT2D eigenvalue weighted by molar-refractivity contribution is 0.237. The highest BCUT2D eigenvalue weighted by Gasteiger charge is 2.08. The Bertz CT molecular complexity index is 451. The number of nitrogens with one attached hydrogen (secondary N) is 2. The van der Waals surface area contributed by atoms with Crippen LogP contribution in [0.1, 0.15) is 51.2 Å². The molecule has 0 fully saturated rings. The maximum Gasteiger partial charge on any atom is 0.315 e. The molecule has 2 amide bonds. The smallest absolute Gasteiger partial charge is 0.315 e. The third-order valence-electron chi connectivity index (χ3n) is 3.90. The lowest BCUT2D eigenvalue weighted by Crippen LogP contribution is -2.41. The van der Waals surface area contributed by atoms with E-state index >= 15 is 0 Å². The van der Waals surface area contributed by atoms with Crippen molar-refractivity contribution in [1.29, 1.82) is 0 Å². The first-order valence-corrected chi connectivity index (χ1v) is 7.98. The van der Waals surface area contributed by atoms with Gasteiger partial charge in [0.25, 0.3) is 0 Å². The Balaban J connectivity index is 1.56. The maximum absolute atomic E-state index is 11.8. The number of furan rings is 1. The first-order valence-electron chi connectivity index (χ1n) is 7.98. The predicted molar refractivity (Wildman–Crippen MR) is 84.2 cm³/mol. The van der Waals surface area contributed by atoms with Gasteiger partial charge < -0.3 is 15.1 Å². The summed E-state index contributed by atoms with van der Waals surface area (Å²) in [6, 6.07) is 3.92. The van der Waals surface area contributed by atoms with Crippen molar-refractivity contribution < 1.29 is 9.21 Å². The Morgan fingerprint density at radius 1 is 1.38 bits per heavy atom. The second kappa shape index (κ2) is 8.55. The minimum atomic E-state index is -0.0710. The molecule has 0 saturated heterocycles. The van der Waals surface area contributed by atoms with Gasteiger partial charge >= 0.3 is 6.03 Å². The summed E-state index contributed by atoms with van der Waals surface area (Å²) in [6.45, 7) is 2.74. The number of rotatable bonds is 7. The average molecular weight is 290 g/mol. The molecule has 1 aromatic heterocycles. The predicted octanol–water partition coefficient (Wildman–Crippen LogP) is 3.79. The van der Waals surface area contributed by atoms with Crippen molar-refractivity contribution in [2.45, 2.75) is 57.9 Å². The number of amides is 2. The van der Waals surface area contributed by atoms with Crippen LogP contribution >= 0.6 is 0 Å². The van der Waals surface area contributed by atoms with Crippen LogP contribution in [0.3, 0.4) is 0 Å². The van der Waals surface area contributed by atoms with Crippen molar-refractivity contribution in [2.75, 3.05) is 6.54 Å². The minimum Gasteiger partial charge on any atom is -0.469 e. The van der Waals surface area contributed by atoms with E-state index in [1.54, 1.807) is 6.26 Å². The van der Waals surface area contributed by atoms with Gasteiger partial charge in [0.15, 0.2) is 0 Å². The fourth-order valence-electron chi connectivity index (χ4n) is 2.63. The summed E-state index contributed by atoms with van der Waals surface area (Å²) in [5.41, 5.74) is 1.49. The zero-order valence-electron chi connectivity index (χ0n) is 12.9. The number of aryl methyl sites for hydroxylation is 1. The fraction of sp³-hybridized carbons (Fsp3) is 0.588. The Hall–Kier alpha value is -1.71. The highest BCUT2D eigenvalue weighted by Crippen LogP contribution is 2.19. The highest BCUT2D eigenvalue weighted by molar-refractivity contribution is 5.74. The topological polar surface area (TPSA) is 54.3 Å². The van der Waals surface area contributed by atoms with E-state index in [2.05, 4.69) is 16.7 Å². The molecule has 0 spiro atoms. The van der Waals surface area contributed by atoms with E-state index in [4.69, 9.17) is 4.42 Å². The molecular weight excluding hydrogens is 264 g/mol. The average Bonchev–Trinajstić information content (AvgIpc) is 2.99. The molecule has 0 aromatic carbocycles. The standard InChI is InChI=1S/C17H26N2O2/c1-14(9-10-16-8-5-13-21-16)19-17(20)18-12-11-15-6-3-2-4-7-15/h5-6,8,13-14H,2-4,7,9-12H2,1H3,(H2,18,19,20)/t14-/m0/s1. The van der Waals surface area contributed by atoms with Crippen molar-refractivity contribution in [3.63, 3.8) is 0 Å². The largest absolute Gasteiger partial charge is 0.469 e. The van der Waals surface area contributed by atoms with E-state index in [0.717, 1.165) is 31.6 Å². The summed E-state index contributed by atoms with van der Waals surface area (Å²) in [6.07, 6.45) is 11.7. The quantitative estimate of drug-likeness (QED) is 0.751. The molecule has 0 radical (unpaired) electrons. The van der Waals surface area contributed by atoms with Crippen molar-refractivity contribution >= 4 is 6.03 Å². The summed E-state index contributed by atoms with van der Waals surface area (Å²) < 4.78 is 5.29. The summed E-state index contributed by atoms with van der Waals surface area (Å²) in [5.74, 6) is 0.966. The van der Waals surface area contributed by atoms with Gasteiger partial charge in [-0.05, 0) is 57.6 Å². The molecule has 2 rings (SSSR count). The van der Waals surface area contributed by atoms with E-state index in [9.17, 15) is 4.79 Å². The lowest BCUT2D eigenvalue weighted by Gasteiger charge is -2.15. The molecule has 1 aromatic rings. The molecule has 116 valence electrons. The monoisotopic (exact) mass is 290 g/mol. The zero-order valence-corrected chi connectivity index (χ0v) is 12.9. The van der Waals surface area contributed by atoms with Gasteiger partial charge in [-0.1, -0.05) is 11.6 Å². The molecule has 1 atom stereocenters. The van der Waals surface area contributed by atoms with Gasteiger partial charge in [0.2, 0.25) is 0 Å². The third-order valence-corrected chi connectivity index (χ3v) is 3.90. The molecule has 1 aliphatic rings. The lowest BCUT2D eigenvalue weighted by atomic mass is 9.97. The Morgan fingerprint density at radius 3 is 3.00 bits per heavy atom. The molecule has 0 saturated carbocycles. The summed E-state index contributed by atoms with van der Waals surface area (Å²) in [5, 5.41) is 5.91. The van der Waals surface area contributed by atoms with Crippen molar-refractivity contribution in [2.24, 2.45) is 0 Å². The first kappa shape index (κ1) is 15.7. The van der Waals surface area contributed by atoms with Gasteiger partial charge in [0.05, 0.1) is 6.26 Å². The van der Waals surface area contributed by atoms with Crippen LogP contribution in [-0.4, -0.2) is 18.6 Å². The molecule has 0 bridgehead atoms. The second-order valence-corrected chi connectivity index (χ2v) is 5.78. The maximum atomic E-state index is 11.8. The van der Waals surface area contributed by atoms with Crippen LogP contribution in [0.2, 0.25) is 0 Å². The number of urea groups is 1. The molecular formula is C17H26N2O2. The molecule has 1 heterocycles. The molecule has 21 heavy (non-hydrogen) atoms. The molecule has 1 aliphatic carbocycles. The van der Waals surface area contributed by atoms with Crippen molar-refractivity contribution in [3.05, 3.63) is 35.8 Å². The Morgan fingerprint density at radius 2 is 2.29 bits per heavy atom. The molecule has 4 nitrogen and oxygen atoms in total. The van der Waals surface area contributed by atoms with Crippen LogP contribution in [0, 0.1) is 0 Å². The second-order valence-electron chi connectivity index (χ2n) is 5.78. The van der Waals surface area contributed by atoms with Crippen LogP contribution in [0.4, 0.5) is 4.79 Å². The van der Waals surface area contributed by atoms with Crippen LogP contribution < -0.4 is 10.6 Å². The fourth-order valence-corrected chi connectivity index (χ4v) is 2.63. The van der Waals surface area contributed by atoms with E-state index < -0.39 is 0 Å². The molecule has 2 N–H and O–H groups in total. The molecule has 0 aliphatic heterocycles. The number of carbonyl (C=O) groups is 1. The van der Waals surface area contributed by atoms with Crippen molar-refractivity contribution in [1.82, 2.24) is 10.6 Å². The number of allylic oxidation sites excluding steroid dienone is 1. The number of carbonyl (C=O) groups excluding carboxylic acids is 1. The van der Waals surface area contributed by atoms with E-state index in [1.165, 1.54) is 31.3 Å². The van der Waals surface area contributed by atoms with Crippen LogP contribution in [-0.2, 0) is 6.42 Å². The van der Waals surface area contributed by atoms with Crippen LogP contribution in [0.5, 0.6) is 0 Å². The summed E-state index contributed by atoms with van der Waals surface area (Å²) >= 11 is 0. The normalized spacial score (nSPS) is 16.1. The molecule has 4 heteroatoms. The third kappa shape index (κ3) is 6.06. The molecule has 0 unspecified atom stereocenters. The van der Waals surface area contributed by atoms with Crippen LogP contribution in [0.25, 0.3) is 0 Å². The van der Waals surface area contributed by atoms with Crippen LogP contribution in [0.15, 0.2) is 34.5 Å². The Kier molecular flexibility index (Phi) is 6.38. The SMILES string of the molecule is C[C@@H](CCc1ccco1)NC(=O)NCCC1=CCCCC1. The van der Waals surface area contributed by atoms with Gasteiger partial charge in [0.1, 0.15) is 5.76 Å². The van der Waals surface area contributed by atoms with Crippen molar-refractivity contribution in [3.8, 4) is 0 Å². The van der Waals surface area contributed by atoms with Gasteiger partial charge in [-0.3, -0.25) is 0 Å². The van der Waals surface area contributed by atoms with E-state index in [-0.39, 0.29) is 12.1 Å². The first-order chi connectivity index (χ1) is 10.2. The van der Waals surface area contributed by atoms with E-state index in [1.807, 2.05) is 19.1 Å². The zero-order chi connectivity index (χ0) is 14.9. The van der Waals surface area contributed by atoms with Gasteiger partial charge in [0, 0.05) is 19.0 Å². The van der Waals surface area contributed by atoms with E-state index in [0.29, 0.717) is 0 Å². The number of hydrogen-bond donors (Lipinski definition) is 2. The summed E-state index contributed by atoms with van der Waals surface area (Å²) in [7, 11) is 0. The van der Waals surface area contributed by atoms with Gasteiger partial charge in [-0.25, -0.2) is 4.79 Å². The highest BCUT2D eigenvalue weighted by atomic mass is 16.3. The van der Waals surface area contributed by atoms with Gasteiger partial charge in [-0.2, -0.15) is 0 Å². The Labute approximate surface area is 127 Å².